The highest BCUT2D eigenvalue weighted by atomic mass is 32.3. The molecule has 0 aliphatic rings. The van der Waals surface area contributed by atoms with Crippen molar-refractivity contribution in [1.82, 2.24) is 6.15 Å². The lowest BCUT2D eigenvalue weighted by molar-refractivity contribution is -0.105. The lowest BCUT2D eigenvalue weighted by atomic mass is 14.0. The van der Waals surface area contributed by atoms with Gasteiger partial charge >= 0.3 is 125 Å². The van der Waals surface area contributed by atoms with Gasteiger partial charge in [-0.05, 0) is 0 Å². The topological polar surface area (TPSA) is 798 Å². The molecule has 0 unspecified atom stereocenters. The molecule has 0 radical (unpaired) electrons. The average molecular weight is 1180 g/mol. The van der Waals surface area contributed by atoms with E-state index in [9.17, 15) is 101 Å². The van der Waals surface area contributed by atoms with Crippen molar-refractivity contribution in [3.05, 3.63) is 0 Å². The first-order chi connectivity index (χ1) is 25.2. The van der Waals surface area contributed by atoms with Crippen molar-refractivity contribution in [1.29, 1.82) is 0 Å². The summed E-state index contributed by atoms with van der Waals surface area (Å²) in [5, 5.41) is 0. The summed E-state index contributed by atoms with van der Waals surface area (Å²) < 4.78 is 353. The smallest absolute Gasteiger partial charge is 0.344 e. The molecule has 0 bridgehead atoms. The maximum absolute atomic E-state index is 9.51. The van der Waals surface area contributed by atoms with E-state index >= 15 is 0 Å². The van der Waals surface area contributed by atoms with Crippen LogP contribution in [0.15, 0.2) is 0 Å². The first kappa shape index (κ1) is 73.8. The molecular weight excluding hydrogens is 1170 g/mol. The molecule has 0 saturated carbocycles. The number of hydrogen-bond donors (Lipinski definition) is 13. The SMILES string of the molecule is N.O=S(=O)(O)OOS(=O)(=O)O.O=S(=O)(O)OOS(=O)(=O)O.O=S(=O)(O)OOS(=O)(=O)O.O=S(=O)(O)OOS(=O)(=O)O.O=S(=O)(O)OOS(=O)(=O)O.O=S(=O)(O)OOS(=O)(=O)O. The molecule has 0 spiro atoms. The van der Waals surface area contributed by atoms with Crippen molar-refractivity contribution in [3.8, 4) is 0 Å². The van der Waals surface area contributed by atoms with Crippen LogP contribution >= 0.6 is 0 Å². The third kappa shape index (κ3) is 114. The molecule has 61 heteroatoms. The Hall–Kier alpha value is -1.60. The molecule has 0 rings (SSSR count). The summed E-state index contributed by atoms with van der Waals surface area (Å²) in [4.78, 5) is 0. The Labute approximate surface area is 337 Å². The Morgan fingerprint density at radius 2 is 0.180 bits per heavy atom. The van der Waals surface area contributed by atoms with Gasteiger partial charge in [-0.25, -0.2) is 0 Å². The average Bonchev–Trinajstić information content (AvgIpc) is 2.89. The highest BCUT2D eigenvalue weighted by Crippen LogP contribution is 1.96. The maximum atomic E-state index is 9.51. The van der Waals surface area contributed by atoms with Crippen LogP contribution in [-0.4, -0.2) is 156 Å². The van der Waals surface area contributed by atoms with E-state index in [-0.39, 0.29) is 6.15 Å². The molecular formula is H15NO48S12. The summed E-state index contributed by atoms with van der Waals surface area (Å²) >= 11 is 0. The Kier molecular flexibility index (Phi) is 34.3. The van der Waals surface area contributed by atoms with E-state index in [4.69, 9.17) is 54.6 Å². The fraction of sp³-hybridized carbons (Fsp3) is 0. The van der Waals surface area contributed by atoms with E-state index in [2.05, 4.69) is 52.0 Å². The van der Waals surface area contributed by atoms with Gasteiger partial charge in [0.15, 0.2) is 0 Å². The number of rotatable bonds is 18. The van der Waals surface area contributed by atoms with Gasteiger partial charge in [-0.1, -0.05) is 52.0 Å². The molecule has 15 N–H and O–H groups in total. The Morgan fingerprint density at radius 1 is 0.148 bits per heavy atom. The van der Waals surface area contributed by atoms with Gasteiger partial charge in [-0.2, -0.15) is 101 Å². The molecule has 61 heavy (non-hydrogen) atoms. The van der Waals surface area contributed by atoms with Gasteiger partial charge in [0.05, 0.1) is 0 Å². The number of hydrogen-bond acceptors (Lipinski definition) is 37. The first-order valence-electron chi connectivity index (χ1n) is 9.19. The van der Waals surface area contributed by atoms with Crippen LogP contribution in [0.2, 0.25) is 0 Å². The maximum Gasteiger partial charge on any atom is 0.425 e. The molecule has 0 aromatic rings. The molecule has 380 valence electrons. The van der Waals surface area contributed by atoms with Gasteiger partial charge < -0.3 is 6.15 Å². The van der Waals surface area contributed by atoms with Gasteiger partial charge in [-0.15, -0.1) is 0 Å². The van der Waals surface area contributed by atoms with E-state index < -0.39 is 125 Å². The van der Waals surface area contributed by atoms with Crippen LogP contribution in [0.25, 0.3) is 0 Å². The minimum absolute atomic E-state index is 0. The van der Waals surface area contributed by atoms with Crippen molar-refractivity contribution < 1.29 is 208 Å². The second-order valence-corrected chi connectivity index (χ2v) is 17.8. The quantitative estimate of drug-likeness (QED) is 0.0344. The fourth-order valence-corrected chi connectivity index (χ4v) is 3.79. The zero-order valence-corrected chi connectivity index (χ0v) is 35.5. The molecule has 0 amide bonds. The monoisotopic (exact) mass is 1180 g/mol. The lowest BCUT2D eigenvalue weighted by Crippen LogP contribution is -2.10. The zero-order chi connectivity index (χ0) is 50.5. The Bertz CT molecular complexity index is 1960. The van der Waals surface area contributed by atoms with Crippen LogP contribution < -0.4 is 6.15 Å². The zero-order valence-electron chi connectivity index (χ0n) is 25.7. The van der Waals surface area contributed by atoms with Crippen LogP contribution in [0.1, 0.15) is 0 Å². The predicted molar refractivity (Wildman–Crippen MR) is 157 cm³/mol. The highest BCUT2D eigenvalue weighted by molar-refractivity contribution is 7.85. The molecule has 0 fully saturated rings. The van der Waals surface area contributed by atoms with E-state index in [1.165, 1.54) is 0 Å². The van der Waals surface area contributed by atoms with Crippen molar-refractivity contribution in [2.24, 2.45) is 0 Å². The predicted octanol–water partition coefficient (Wildman–Crippen LogP) is -8.60. The van der Waals surface area contributed by atoms with Gasteiger partial charge in [0.25, 0.3) is 0 Å². The van der Waals surface area contributed by atoms with Crippen LogP contribution in [0, 0.1) is 0 Å². The molecule has 0 aromatic heterocycles. The Morgan fingerprint density at radius 3 is 0.197 bits per heavy atom. The van der Waals surface area contributed by atoms with Crippen molar-refractivity contribution >= 4 is 125 Å². The van der Waals surface area contributed by atoms with E-state index in [1.54, 1.807) is 0 Å². The highest BCUT2D eigenvalue weighted by Gasteiger charge is 2.17. The second-order valence-electron chi connectivity index (χ2n) is 5.95. The van der Waals surface area contributed by atoms with Crippen LogP contribution in [0.5, 0.6) is 0 Å². The first-order valence-corrected chi connectivity index (χ1v) is 25.6. The van der Waals surface area contributed by atoms with E-state index in [0.29, 0.717) is 0 Å². The second kappa shape index (κ2) is 28.3. The van der Waals surface area contributed by atoms with Crippen molar-refractivity contribution in [2.75, 3.05) is 0 Å². The van der Waals surface area contributed by atoms with Gasteiger partial charge in [-0.3, -0.25) is 54.6 Å². The molecule has 0 aliphatic carbocycles. The van der Waals surface area contributed by atoms with Crippen LogP contribution in [0.4, 0.5) is 0 Å². The summed E-state index contributed by atoms with van der Waals surface area (Å²) in [6.07, 6.45) is 0. The molecule has 0 heterocycles. The van der Waals surface area contributed by atoms with E-state index in [0.717, 1.165) is 0 Å². The normalized spacial score (nSPS) is 13.2. The largest absolute Gasteiger partial charge is 0.425 e. The molecule has 49 nitrogen and oxygen atoms in total. The van der Waals surface area contributed by atoms with Gasteiger partial charge in [0, 0.05) is 0 Å². The minimum Gasteiger partial charge on any atom is -0.344 e. The Balaban J connectivity index is -0.000000114. The summed E-state index contributed by atoms with van der Waals surface area (Å²) in [5.74, 6) is 0. The van der Waals surface area contributed by atoms with Crippen LogP contribution in [0.3, 0.4) is 0 Å². The molecule has 0 saturated heterocycles. The van der Waals surface area contributed by atoms with Crippen LogP contribution in [-0.2, 0) is 177 Å². The molecule has 0 atom stereocenters. The minimum atomic E-state index is -5.02. The van der Waals surface area contributed by atoms with Gasteiger partial charge in [0.1, 0.15) is 0 Å². The summed E-state index contributed by atoms with van der Waals surface area (Å²) in [7, 11) is -60.2. The third-order valence-corrected chi connectivity index (χ3v) is 4.60. The third-order valence-electron chi connectivity index (χ3n) is 1.20. The van der Waals surface area contributed by atoms with Crippen molar-refractivity contribution in [2.45, 2.75) is 0 Å². The summed E-state index contributed by atoms with van der Waals surface area (Å²) in [5.41, 5.74) is 0. The van der Waals surface area contributed by atoms with Gasteiger partial charge in [0.2, 0.25) is 0 Å². The fourth-order valence-electron chi connectivity index (χ4n) is 0.421. The summed E-state index contributed by atoms with van der Waals surface area (Å²) in [6.45, 7) is 0. The lowest BCUT2D eigenvalue weighted by Gasteiger charge is -1.92. The van der Waals surface area contributed by atoms with Crippen molar-refractivity contribution in [3.63, 3.8) is 0 Å². The molecule has 0 aliphatic heterocycles. The molecule has 0 aromatic carbocycles. The van der Waals surface area contributed by atoms with E-state index in [1.807, 2.05) is 0 Å². The summed E-state index contributed by atoms with van der Waals surface area (Å²) in [6, 6.07) is 0. The standard InChI is InChI=1S/H3N.6H2O8S2/c;6*1-9(2,3)7-8-10(4,5)6/h1H3;6*(H,1,2,3)(H,4,5,6).